The fourth-order valence-corrected chi connectivity index (χ4v) is 6.55. The number of rotatable bonds is 5. The van der Waals surface area contributed by atoms with Gasteiger partial charge in [0.25, 0.3) is 0 Å². The molecule has 0 saturated carbocycles. The topological polar surface area (TPSA) is 67.3 Å². The van der Waals surface area contributed by atoms with Crippen molar-refractivity contribution >= 4 is 45.0 Å². The number of nitrogens with one attached hydrogen (secondary N) is 1. The first kappa shape index (κ1) is 22.1. The Balaban J connectivity index is 1.63. The zero-order valence-corrected chi connectivity index (χ0v) is 20.5. The number of esters is 1. The number of carbonyl (C=O) groups is 1. The monoisotopic (exact) mass is 464 g/mol. The van der Waals surface area contributed by atoms with Crippen molar-refractivity contribution in [1.82, 2.24) is 9.97 Å². The van der Waals surface area contributed by atoms with Gasteiger partial charge in [-0.05, 0) is 83.4 Å². The van der Waals surface area contributed by atoms with Gasteiger partial charge in [0, 0.05) is 17.0 Å². The number of carbonyl (C=O) groups excluding carboxylic acids is 1. The molecule has 2 aliphatic rings. The van der Waals surface area contributed by atoms with Gasteiger partial charge in [-0.15, -0.1) is 11.3 Å². The van der Waals surface area contributed by atoms with Crippen molar-refractivity contribution in [2.45, 2.75) is 77.8 Å². The van der Waals surface area contributed by atoms with Crippen LogP contribution in [0, 0.1) is 0 Å². The molecule has 1 aliphatic carbocycles. The predicted molar refractivity (Wildman–Crippen MR) is 135 cm³/mol. The first-order valence-corrected chi connectivity index (χ1v) is 13.0. The normalized spacial score (nSPS) is 20.5. The van der Waals surface area contributed by atoms with Crippen LogP contribution < -0.4 is 10.2 Å². The summed E-state index contributed by atoms with van der Waals surface area (Å²) in [5, 5.41) is 4.41. The molecule has 1 saturated heterocycles. The second kappa shape index (κ2) is 9.29. The lowest BCUT2D eigenvalue weighted by molar-refractivity contribution is 0.0526. The van der Waals surface area contributed by atoms with Crippen LogP contribution in [-0.2, 0) is 17.6 Å². The van der Waals surface area contributed by atoms with Crippen LogP contribution in [0.3, 0.4) is 0 Å². The quantitative estimate of drug-likeness (QED) is 0.450. The number of hydrogen-bond donors (Lipinski definition) is 1. The highest BCUT2D eigenvalue weighted by atomic mass is 32.1. The number of piperidine rings is 1. The average molecular weight is 465 g/mol. The molecule has 3 heterocycles. The Morgan fingerprint density at radius 3 is 2.52 bits per heavy atom. The van der Waals surface area contributed by atoms with Crippen LogP contribution in [0.4, 0.5) is 16.6 Å². The Morgan fingerprint density at radius 2 is 1.79 bits per heavy atom. The molecule has 1 N–H and O–H groups in total. The van der Waals surface area contributed by atoms with Gasteiger partial charge in [-0.1, -0.05) is 12.1 Å². The first-order valence-electron chi connectivity index (χ1n) is 12.2. The number of anilines is 3. The van der Waals surface area contributed by atoms with E-state index in [2.05, 4.69) is 24.1 Å². The second-order valence-electron chi connectivity index (χ2n) is 9.18. The molecule has 0 amide bonds. The third-order valence-corrected chi connectivity index (χ3v) is 8.08. The fraction of sp³-hybridized carbons (Fsp3) is 0.500. The minimum absolute atomic E-state index is 0.241. The molecule has 6 nitrogen and oxygen atoms in total. The van der Waals surface area contributed by atoms with Crippen LogP contribution in [0.25, 0.3) is 11.0 Å². The highest BCUT2D eigenvalue weighted by Crippen LogP contribution is 2.42. The summed E-state index contributed by atoms with van der Waals surface area (Å²) in [6.07, 6.45) is 7.73. The van der Waals surface area contributed by atoms with Crippen molar-refractivity contribution in [1.29, 1.82) is 0 Å². The van der Waals surface area contributed by atoms with E-state index in [4.69, 9.17) is 14.7 Å². The molecule has 3 aromatic rings. The van der Waals surface area contributed by atoms with Crippen molar-refractivity contribution in [3.05, 3.63) is 40.3 Å². The van der Waals surface area contributed by atoms with Crippen molar-refractivity contribution in [3.63, 3.8) is 0 Å². The van der Waals surface area contributed by atoms with E-state index in [0.717, 1.165) is 65.3 Å². The van der Waals surface area contributed by atoms with Gasteiger partial charge in [0.2, 0.25) is 0 Å². The van der Waals surface area contributed by atoms with Gasteiger partial charge in [0.15, 0.2) is 11.6 Å². The number of ether oxygens (including phenoxy) is 1. The van der Waals surface area contributed by atoms with Gasteiger partial charge in [0.05, 0.1) is 23.2 Å². The third-order valence-electron chi connectivity index (χ3n) is 6.87. The molecule has 7 heteroatoms. The molecular weight excluding hydrogens is 432 g/mol. The molecule has 0 radical (unpaired) electrons. The summed E-state index contributed by atoms with van der Waals surface area (Å²) in [6, 6.07) is 8.76. The van der Waals surface area contributed by atoms with Crippen molar-refractivity contribution in [2.75, 3.05) is 16.8 Å². The van der Waals surface area contributed by atoms with E-state index < -0.39 is 0 Å². The Bertz CT molecular complexity index is 1160. The predicted octanol–water partition coefficient (Wildman–Crippen LogP) is 6.26. The van der Waals surface area contributed by atoms with Crippen LogP contribution in [-0.4, -0.2) is 34.6 Å². The molecule has 0 bridgehead atoms. The Morgan fingerprint density at radius 1 is 1.09 bits per heavy atom. The minimum Gasteiger partial charge on any atom is -0.462 e. The number of hydrogen-bond acceptors (Lipinski definition) is 7. The summed E-state index contributed by atoms with van der Waals surface area (Å²) < 4.78 is 5.46. The van der Waals surface area contributed by atoms with Crippen molar-refractivity contribution in [2.24, 2.45) is 0 Å². The molecule has 2 atom stereocenters. The van der Waals surface area contributed by atoms with Crippen molar-refractivity contribution in [3.8, 4) is 0 Å². The Hall–Kier alpha value is -2.67. The van der Waals surface area contributed by atoms with Crippen LogP contribution in [0.2, 0.25) is 0 Å². The van der Waals surface area contributed by atoms with Crippen LogP contribution in [0.1, 0.15) is 73.7 Å². The number of fused-ring (bicyclic) bond motifs is 2. The largest absolute Gasteiger partial charge is 0.462 e. The maximum Gasteiger partial charge on any atom is 0.341 e. The number of nitrogens with zero attached hydrogens (tertiary/aromatic N) is 3. The van der Waals surface area contributed by atoms with Crippen LogP contribution in [0.5, 0.6) is 0 Å². The summed E-state index contributed by atoms with van der Waals surface area (Å²) in [4.78, 5) is 26.8. The lowest BCUT2D eigenvalue weighted by Gasteiger charge is -2.40. The Labute approximate surface area is 199 Å². The average Bonchev–Trinajstić information content (AvgIpc) is 3.17. The minimum atomic E-state index is -0.241. The van der Waals surface area contributed by atoms with E-state index in [-0.39, 0.29) is 5.97 Å². The van der Waals surface area contributed by atoms with Crippen LogP contribution >= 0.6 is 11.3 Å². The molecule has 33 heavy (non-hydrogen) atoms. The standard InChI is InChI=1S/C26H32N4O2S/c1-4-32-26(31)22-18-12-5-8-15-21(18)33-25(22)29-23-24(30-16(2)10-9-11-17(30)3)28-20-14-7-6-13-19(20)27-23/h6-7,13-14,16-17H,4-5,8-12,15H2,1-3H3,(H,27,29)/t16-,17-/m0/s1. The van der Waals surface area contributed by atoms with Gasteiger partial charge in [0.1, 0.15) is 5.00 Å². The second-order valence-corrected chi connectivity index (χ2v) is 10.3. The lowest BCUT2D eigenvalue weighted by Crippen LogP contribution is -2.44. The van der Waals surface area contributed by atoms with E-state index >= 15 is 0 Å². The summed E-state index contributed by atoms with van der Waals surface area (Å²) >= 11 is 1.68. The summed E-state index contributed by atoms with van der Waals surface area (Å²) in [7, 11) is 0. The van der Waals surface area contributed by atoms with Gasteiger partial charge in [-0.3, -0.25) is 0 Å². The van der Waals surface area contributed by atoms with Gasteiger partial charge in [-0.2, -0.15) is 0 Å². The van der Waals surface area contributed by atoms with Crippen molar-refractivity contribution < 1.29 is 9.53 Å². The number of thiophene rings is 1. The maximum absolute atomic E-state index is 13.0. The maximum atomic E-state index is 13.0. The number of para-hydroxylation sites is 2. The van der Waals surface area contributed by atoms with E-state index in [1.165, 1.54) is 17.7 Å². The number of aromatic nitrogens is 2. The number of aryl methyl sites for hydroxylation is 1. The zero-order valence-electron chi connectivity index (χ0n) is 19.7. The van der Waals surface area contributed by atoms with E-state index in [0.29, 0.717) is 24.3 Å². The van der Waals surface area contributed by atoms with Crippen LogP contribution in [0.15, 0.2) is 24.3 Å². The first-order chi connectivity index (χ1) is 16.1. The smallest absolute Gasteiger partial charge is 0.341 e. The van der Waals surface area contributed by atoms with Gasteiger partial charge in [-0.25, -0.2) is 14.8 Å². The summed E-state index contributed by atoms with van der Waals surface area (Å²) in [5.41, 5.74) is 3.58. The molecular formula is C26H32N4O2S. The highest BCUT2D eigenvalue weighted by molar-refractivity contribution is 7.16. The van der Waals surface area contributed by atoms with E-state index in [9.17, 15) is 4.79 Å². The molecule has 0 spiro atoms. The summed E-state index contributed by atoms with van der Waals surface area (Å²) in [6.45, 7) is 6.76. The molecule has 0 unspecified atom stereocenters. The fourth-order valence-electron chi connectivity index (χ4n) is 5.27. The molecule has 5 rings (SSSR count). The lowest BCUT2D eigenvalue weighted by atomic mass is 9.95. The molecule has 1 aromatic carbocycles. The zero-order chi connectivity index (χ0) is 22.9. The number of benzene rings is 1. The molecule has 174 valence electrons. The molecule has 1 aliphatic heterocycles. The Kier molecular flexibility index (Phi) is 6.23. The third kappa shape index (κ3) is 4.19. The SMILES string of the molecule is CCOC(=O)c1c(Nc2nc3ccccc3nc2N2[C@@H](C)CCC[C@@H]2C)sc2c1CCCC2. The molecule has 2 aromatic heterocycles. The highest BCUT2D eigenvalue weighted by Gasteiger charge is 2.31. The molecule has 1 fully saturated rings. The van der Waals surface area contributed by atoms with Gasteiger partial charge >= 0.3 is 5.97 Å². The van der Waals surface area contributed by atoms with E-state index in [1.54, 1.807) is 11.3 Å². The van der Waals surface area contributed by atoms with Gasteiger partial charge < -0.3 is 15.0 Å². The van der Waals surface area contributed by atoms with E-state index in [1.807, 2.05) is 31.2 Å². The summed E-state index contributed by atoms with van der Waals surface area (Å²) in [5.74, 6) is 1.35.